The van der Waals surface area contributed by atoms with E-state index in [0.717, 1.165) is 24.2 Å². The summed E-state index contributed by atoms with van der Waals surface area (Å²) in [6, 6.07) is 0. The maximum Gasteiger partial charge on any atom is 0.127 e. The zero-order chi connectivity index (χ0) is 15.7. The number of hydrogen-bond acceptors (Lipinski definition) is 1. The van der Waals surface area contributed by atoms with Crippen molar-refractivity contribution < 1.29 is 9.50 Å². The number of rotatable bonds is 0. The summed E-state index contributed by atoms with van der Waals surface area (Å²) in [5.74, 6) is 3.52. The molecule has 0 radical (unpaired) electrons. The van der Waals surface area contributed by atoms with E-state index < -0.39 is 12.3 Å². The summed E-state index contributed by atoms with van der Waals surface area (Å²) in [6.07, 6.45) is 8.06. The van der Waals surface area contributed by atoms with Crippen LogP contribution in [0.3, 0.4) is 0 Å². The minimum atomic E-state index is -0.985. The fourth-order valence-corrected chi connectivity index (χ4v) is 7.75. The first-order chi connectivity index (χ1) is 10.4. The van der Waals surface area contributed by atoms with Crippen molar-refractivity contribution in [2.75, 3.05) is 0 Å². The topological polar surface area (TPSA) is 20.2 Å². The number of aliphatic hydroxyl groups is 1. The van der Waals surface area contributed by atoms with Crippen LogP contribution in [0.15, 0.2) is 0 Å². The number of alkyl halides is 1. The van der Waals surface area contributed by atoms with Crippen LogP contribution in [-0.4, -0.2) is 17.4 Å². The Balaban J connectivity index is 1.68. The average molecular weight is 308 g/mol. The molecule has 0 aliphatic heterocycles. The molecule has 0 saturated heterocycles. The third kappa shape index (κ3) is 1.85. The van der Waals surface area contributed by atoms with E-state index in [-0.39, 0.29) is 5.41 Å². The van der Waals surface area contributed by atoms with Crippen LogP contribution in [0.2, 0.25) is 0 Å². The Morgan fingerprint density at radius 1 is 0.909 bits per heavy atom. The minimum absolute atomic E-state index is 0.155. The van der Waals surface area contributed by atoms with Gasteiger partial charge in [-0.2, -0.15) is 0 Å². The quantitative estimate of drug-likeness (QED) is 0.669. The molecule has 4 fully saturated rings. The van der Waals surface area contributed by atoms with E-state index in [0.29, 0.717) is 23.7 Å². The largest absolute Gasteiger partial charge is 0.390 e. The number of hydrogen-bond donors (Lipinski definition) is 1. The Morgan fingerprint density at radius 2 is 1.68 bits per heavy atom. The van der Waals surface area contributed by atoms with Crippen LogP contribution in [-0.2, 0) is 0 Å². The summed E-state index contributed by atoms with van der Waals surface area (Å²) in [4.78, 5) is 0. The highest BCUT2D eigenvalue weighted by Gasteiger charge is 2.63. The molecular formula is C20H33FO. The van der Waals surface area contributed by atoms with E-state index in [4.69, 9.17) is 0 Å². The standard InChI is InChI=1S/C20H33FO/c1-12-10-13-15(19(2)8-5-4-6-14(12)19)7-9-20(3)16(13)11-17(21)18(20)22/h12-18,22H,4-11H2,1-3H3/t12?,13-,14?,15-,16+,17?,18?,19+,20+/m1/s1. The lowest BCUT2D eigenvalue weighted by Crippen LogP contribution is -2.55. The van der Waals surface area contributed by atoms with E-state index >= 15 is 0 Å². The minimum Gasteiger partial charge on any atom is -0.390 e. The molecule has 126 valence electrons. The Kier molecular flexibility index (Phi) is 3.46. The molecule has 4 rings (SSSR count). The molecule has 4 saturated carbocycles. The van der Waals surface area contributed by atoms with Crippen molar-refractivity contribution in [2.45, 2.75) is 84.4 Å². The lowest BCUT2D eigenvalue weighted by Gasteiger charge is -2.62. The Hall–Kier alpha value is -0.110. The third-order valence-corrected chi connectivity index (χ3v) is 8.88. The van der Waals surface area contributed by atoms with Crippen molar-refractivity contribution in [3.63, 3.8) is 0 Å². The molecule has 1 N–H and O–H groups in total. The zero-order valence-electron chi connectivity index (χ0n) is 14.5. The van der Waals surface area contributed by atoms with Crippen LogP contribution >= 0.6 is 0 Å². The zero-order valence-corrected chi connectivity index (χ0v) is 14.5. The molecule has 1 nitrogen and oxygen atoms in total. The van der Waals surface area contributed by atoms with Crippen molar-refractivity contribution in [1.29, 1.82) is 0 Å². The first-order valence-electron chi connectivity index (χ1n) is 9.70. The van der Waals surface area contributed by atoms with Crippen LogP contribution in [0.1, 0.15) is 72.1 Å². The molecule has 0 heterocycles. The van der Waals surface area contributed by atoms with E-state index in [2.05, 4.69) is 20.8 Å². The number of fused-ring (bicyclic) bond motifs is 5. The normalized spacial score (nSPS) is 61.2. The Labute approximate surface area is 135 Å². The maximum atomic E-state index is 14.3. The van der Waals surface area contributed by atoms with Gasteiger partial charge in [-0.25, -0.2) is 4.39 Å². The monoisotopic (exact) mass is 308 g/mol. The molecule has 4 aliphatic rings. The molecule has 4 aliphatic carbocycles. The van der Waals surface area contributed by atoms with Crippen molar-refractivity contribution in [3.8, 4) is 0 Å². The highest BCUT2D eigenvalue weighted by atomic mass is 19.1. The van der Waals surface area contributed by atoms with E-state index in [1.54, 1.807) is 0 Å². The third-order valence-electron chi connectivity index (χ3n) is 8.88. The highest BCUT2D eigenvalue weighted by molar-refractivity contribution is 5.11. The lowest BCUT2D eigenvalue weighted by molar-refractivity contribution is -0.139. The first kappa shape index (κ1) is 15.4. The van der Waals surface area contributed by atoms with Crippen LogP contribution in [0.25, 0.3) is 0 Å². The molecule has 0 aromatic carbocycles. The van der Waals surface area contributed by atoms with Crippen molar-refractivity contribution in [1.82, 2.24) is 0 Å². The van der Waals surface area contributed by atoms with Gasteiger partial charge in [0, 0.05) is 0 Å². The van der Waals surface area contributed by atoms with Gasteiger partial charge >= 0.3 is 0 Å². The molecule has 9 atom stereocenters. The molecule has 22 heavy (non-hydrogen) atoms. The SMILES string of the molecule is CC1C[C@@H]2[C@@H](CC[C@]3(C)C(O)C(F)C[C@@H]23)[C@@]2(C)CCCCC12. The van der Waals surface area contributed by atoms with Gasteiger partial charge in [-0.15, -0.1) is 0 Å². The summed E-state index contributed by atoms with van der Waals surface area (Å²) in [6.45, 7) is 7.19. The second kappa shape index (κ2) is 4.94. The van der Waals surface area contributed by atoms with Gasteiger partial charge in [-0.05, 0) is 78.9 Å². The molecule has 0 spiro atoms. The number of halogens is 1. The summed E-state index contributed by atoms with van der Waals surface area (Å²) < 4.78 is 14.3. The van der Waals surface area contributed by atoms with Crippen molar-refractivity contribution >= 4 is 0 Å². The highest BCUT2D eigenvalue weighted by Crippen LogP contribution is 2.67. The van der Waals surface area contributed by atoms with Gasteiger partial charge in [-0.1, -0.05) is 33.6 Å². The summed E-state index contributed by atoms with van der Waals surface area (Å²) in [7, 11) is 0. The van der Waals surface area contributed by atoms with Gasteiger partial charge < -0.3 is 5.11 Å². The summed E-state index contributed by atoms with van der Waals surface area (Å²) in [5, 5.41) is 10.4. The van der Waals surface area contributed by atoms with E-state index in [1.165, 1.54) is 38.5 Å². The summed E-state index contributed by atoms with van der Waals surface area (Å²) in [5.41, 5.74) is 0.333. The Morgan fingerprint density at radius 3 is 2.45 bits per heavy atom. The second-order valence-electron chi connectivity index (χ2n) is 9.69. The molecule has 2 heteroatoms. The lowest BCUT2D eigenvalue weighted by atomic mass is 9.43. The Bertz CT molecular complexity index is 451. The number of aliphatic hydroxyl groups excluding tert-OH is 1. The molecule has 4 unspecified atom stereocenters. The first-order valence-corrected chi connectivity index (χ1v) is 9.70. The van der Waals surface area contributed by atoms with Crippen LogP contribution in [0, 0.1) is 40.4 Å². The van der Waals surface area contributed by atoms with Crippen molar-refractivity contribution in [3.05, 3.63) is 0 Å². The second-order valence-corrected chi connectivity index (χ2v) is 9.69. The molecule has 0 bridgehead atoms. The van der Waals surface area contributed by atoms with E-state index in [9.17, 15) is 9.50 Å². The fourth-order valence-electron chi connectivity index (χ4n) is 7.75. The summed E-state index contributed by atoms with van der Waals surface area (Å²) >= 11 is 0. The van der Waals surface area contributed by atoms with E-state index in [1.807, 2.05) is 0 Å². The predicted molar refractivity (Wildman–Crippen MR) is 87.2 cm³/mol. The molecule has 0 amide bonds. The maximum absolute atomic E-state index is 14.3. The predicted octanol–water partition coefficient (Wildman–Crippen LogP) is 4.97. The molecular weight excluding hydrogens is 275 g/mol. The van der Waals surface area contributed by atoms with Crippen LogP contribution in [0.5, 0.6) is 0 Å². The van der Waals surface area contributed by atoms with Gasteiger partial charge in [0.2, 0.25) is 0 Å². The smallest absolute Gasteiger partial charge is 0.127 e. The van der Waals surface area contributed by atoms with Crippen LogP contribution in [0.4, 0.5) is 4.39 Å². The van der Waals surface area contributed by atoms with Gasteiger partial charge in [0.15, 0.2) is 0 Å². The molecule has 0 aromatic heterocycles. The molecule has 0 aromatic rings. The van der Waals surface area contributed by atoms with Gasteiger partial charge in [0.25, 0.3) is 0 Å². The van der Waals surface area contributed by atoms with Gasteiger partial charge in [-0.3, -0.25) is 0 Å². The fraction of sp³-hybridized carbons (Fsp3) is 1.00. The average Bonchev–Trinajstić information content (AvgIpc) is 2.71. The van der Waals surface area contributed by atoms with Gasteiger partial charge in [0.05, 0.1) is 6.10 Å². The van der Waals surface area contributed by atoms with Crippen molar-refractivity contribution in [2.24, 2.45) is 40.4 Å². The van der Waals surface area contributed by atoms with Gasteiger partial charge in [0.1, 0.15) is 6.17 Å². The van der Waals surface area contributed by atoms with Crippen LogP contribution < -0.4 is 0 Å².